The van der Waals surface area contributed by atoms with E-state index in [-0.39, 0.29) is 6.04 Å². The van der Waals surface area contributed by atoms with Crippen LogP contribution in [0.1, 0.15) is 43.9 Å². The van der Waals surface area contributed by atoms with Crippen molar-refractivity contribution in [2.24, 2.45) is 0 Å². The highest BCUT2D eigenvalue weighted by Crippen LogP contribution is 2.35. The molecule has 1 N–H and O–H groups in total. The third-order valence-electron chi connectivity index (χ3n) is 6.14. The Morgan fingerprint density at radius 1 is 1.09 bits per heavy atom. The lowest BCUT2D eigenvalue weighted by Gasteiger charge is -2.25. The Morgan fingerprint density at radius 2 is 1.85 bits per heavy atom. The van der Waals surface area contributed by atoms with Gasteiger partial charge >= 0.3 is 0 Å². The maximum Gasteiger partial charge on any atom is 0.229 e. The molecule has 34 heavy (non-hydrogen) atoms. The first-order valence-electron chi connectivity index (χ1n) is 12.2. The summed E-state index contributed by atoms with van der Waals surface area (Å²) in [6.45, 7) is 11.0. The highest BCUT2D eigenvalue weighted by molar-refractivity contribution is 5.57. The van der Waals surface area contributed by atoms with Crippen LogP contribution in [0.3, 0.4) is 0 Å². The molecule has 4 rings (SSSR count). The summed E-state index contributed by atoms with van der Waals surface area (Å²) in [7, 11) is 0. The summed E-state index contributed by atoms with van der Waals surface area (Å²) < 4.78 is 5.90. The summed E-state index contributed by atoms with van der Waals surface area (Å²) in [6, 6.07) is 18.5. The van der Waals surface area contributed by atoms with Gasteiger partial charge in [-0.15, -0.1) is 0 Å². The van der Waals surface area contributed by atoms with Crippen molar-refractivity contribution in [1.29, 1.82) is 0 Å². The number of hydrogen-bond acceptors (Lipinski definition) is 7. The molecule has 0 radical (unpaired) electrons. The van der Waals surface area contributed by atoms with Crippen molar-refractivity contribution in [1.82, 2.24) is 14.9 Å². The highest BCUT2D eigenvalue weighted by Gasteiger charge is 2.30. The highest BCUT2D eigenvalue weighted by atomic mass is 16.7. The Bertz CT molecular complexity index is 1020. The predicted molar refractivity (Wildman–Crippen MR) is 137 cm³/mol. The first-order valence-corrected chi connectivity index (χ1v) is 12.2. The molecule has 0 spiro atoms. The van der Waals surface area contributed by atoms with Crippen molar-refractivity contribution < 1.29 is 9.57 Å². The summed E-state index contributed by atoms with van der Waals surface area (Å²) in [4.78, 5) is 17.6. The average molecular weight is 462 g/mol. The summed E-state index contributed by atoms with van der Waals surface area (Å²) >= 11 is 0. The minimum absolute atomic E-state index is 0.140. The molecule has 0 aliphatic carbocycles. The van der Waals surface area contributed by atoms with Crippen molar-refractivity contribution >= 4 is 17.5 Å². The van der Waals surface area contributed by atoms with Crippen molar-refractivity contribution in [3.05, 3.63) is 71.9 Å². The van der Waals surface area contributed by atoms with Crippen LogP contribution in [0, 0.1) is 6.92 Å². The quantitative estimate of drug-likeness (QED) is 0.377. The lowest BCUT2D eigenvalue weighted by Crippen LogP contribution is -2.25. The van der Waals surface area contributed by atoms with Gasteiger partial charge in [-0.05, 0) is 56.3 Å². The second-order valence-corrected chi connectivity index (χ2v) is 8.45. The fourth-order valence-corrected chi connectivity index (χ4v) is 4.15. The molecule has 2 heterocycles. The van der Waals surface area contributed by atoms with E-state index in [2.05, 4.69) is 53.3 Å². The molecule has 0 saturated carbocycles. The third-order valence-corrected chi connectivity index (χ3v) is 6.14. The van der Waals surface area contributed by atoms with Crippen LogP contribution in [-0.2, 0) is 4.84 Å². The van der Waals surface area contributed by atoms with E-state index >= 15 is 0 Å². The van der Waals surface area contributed by atoms with E-state index in [1.54, 1.807) is 0 Å². The zero-order valence-corrected chi connectivity index (χ0v) is 20.4. The molecule has 1 aromatic heterocycles. The normalized spacial score (nSPS) is 15.6. The van der Waals surface area contributed by atoms with Crippen LogP contribution in [0.2, 0.25) is 0 Å². The fraction of sp³-hybridized carbons (Fsp3) is 0.407. The number of rotatable bonds is 11. The van der Waals surface area contributed by atoms with Crippen molar-refractivity contribution in [2.75, 3.05) is 43.2 Å². The second kappa shape index (κ2) is 11.8. The summed E-state index contributed by atoms with van der Waals surface area (Å²) in [6.07, 6.45) is 3.78. The van der Waals surface area contributed by atoms with Crippen LogP contribution in [-0.4, -0.2) is 47.7 Å². The largest absolute Gasteiger partial charge is 0.494 e. The molecule has 1 atom stereocenters. The molecule has 180 valence electrons. The maximum absolute atomic E-state index is 5.98. The standard InChI is InChI=1S/C27H35N5O2/c1-4-31(5-2)17-9-18-33-24-14-12-23(13-15-24)29-27-28-20-21(3)26(30-27)32-25(16-19-34-32)22-10-7-6-8-11-22/h6-8,10-15,20,25H,4-5,9,16-19H2,1-3H3,(H,28,29,30). The van der Waals surface area contributed by atoms with Crippen molar-refractivity contribution in [3.63, 3.8) is 0 Å². The SMILES string of the molecule is CCN(CC)CCCOc1ccc(Nc2ncc(C)c(N3OCCC3c3ccccc3)n2)cc1. The number of hydrogen-bond donors (Lipinski definition) is 1. The van der Waals surface area contributed by atoms with E-state index in [0.717, 1.165) is 55.3 Å². The lowest BCUT2D eigenvalue weighted by atomic mass is 10.0. The molecule has 1 aliphatic rings. The molecule has 0 bridgehead atoms. The number of hydroxylamine groups is 1. The molecule has 2 aromatic carbocycles. The molecule has 1 unspecified atom stereocenters. The van der Waals surface area contributed by atoms with Crippen LogP contribution >= 0.6 is 0 Å². The van der Waals surface area contributed by atoms with Gasteiger partial charge in [-0.3, -0.25) is 4.84 Å². The third kappa shape index (κ3) is 6.04. The van der Waals surface area contributed by atoms with Gasteiger partial charge in [0.1, 0.15) is 5.75 Å². The number of ether oxygens (including phenoxy) is 1. The molecule has 0 amide bonds. The summed E-state index contributed by atoms with van der Waals surface area (Å²) in [5.74, 6) is 2.19. The first-order chi connectivity index (χ1) is 16.7. The van der Waals surface area contributed by atoms with Crippen LogP contribution < -0.4 is 15.1 Å². The number of nitrogens with zero attached hydrogens (tertiary/aromatic N) is 4. The van der Waals surface area contributed by atoms with E-state index in [4.69, 9.17) is 14.6 Å². The second-order valence-electron chi connectivity index (χ2n) is 8.45. The molecule has 1 fully saturated rings. The van der Waals surface area contributed by atoms with E-state index in [1.165, 1.54) is 5.56 Å². The summed E-state index contributed by atoms with van der Waals surface area (Å²) in [5, 5.41) is 5.23. The van der Waals surface area contributed by atoms with Gasteiger partial charge in [0.05, 0.1) is 19.3 Å². The van der Waals surface area contributed by atoms with Gasteiger partial charge in [-0.2, -0.15) is 4.98 Å². The fourth-order valence-electron chi connectivity index (χ4n) is 4.15. The predicted octanol–water partition coefficient (Wildman–Crippen LogP) is 5.52. The number of aryl methyl sites for hydroxylation is 1. The number of nitrogens with one attached hydrogen (secondary N) is 1. The van der Waals surface area contributed by atoms with Gasteiger partial charge in [-0.1, -0.05) is 44.2 Å². The summed E-state index contributed by atoms with van der Waals surface area (Å²) in [5.41, 5.74) is 3.11. The van der Waals surface area contributed by atoms with Gasteiger partial charge in [0.2, 0.25) is 5.95 Å². The van der Waals surface area contributed by atoms with Crippen LogP contribution in [0.5, 0.6) is 5.75 Å². The monoisotopic (exact) mass is 461 g/mol. The van der Waals surface area contributed by atoms with Gasteiger partial charge < -0.3 is 15.0 Å². The smallest absolute Gasteiger partial charge is 0.229 e. The van der Waals surface area contributed by atoms with Gasteiger partial charge in [0.15, 0.2) is 5.82 Å². The zero-order valence-electron chi connectivity index (χ0n) is 20.4. The Labute approximate surface area is 202 Å². The van der Waals surface area contributed by atoms with E-state index < -0.39 is 0 Å². The number of anilines is 3. The minimum Gasteiger partial charge on any atom is -0.494 e. The molecule has 1 saturated heterocycles. The van der Waals surface area contributed by atoms with Gasteiger partial charge in [0.25, 0.3) is 0 Å². The lowest BCUT2D eigenvalue weighted by molar-refractivity contribution is 0.156. The molecular formula is C27H35N5O2. The number of aromatic nitrogens is 2. The molecule has 1 aliphatic heterocycles. The van der Waals surface area contributed by atoms with Crippen LogP contribution in [0.4, 0.5) is 17.5 Å². The maximum atomic E-state index is 5.98. The van der Waals surface area contributed by atoms with E-state index in [0.29, 0.717) is 19.2 Å². The Morgan fingerprint density at radius 3 is 2.59 bits per heavy atom. The minimum atomic E-state index is 0.140. The van der Waals surface area contributed by atoms with E-state index in [1.807, 2.05) is 48.5 Å². The molecule has 7 nitrogen and oxygen atoms in total. The van der Waals surface area contributed by atoms with Crippen LogP contribution in [0.15, 0.2) is 60.8 Å². The first kappa shape index (κ1) is 24.0. The van der Waals surface area contributed by atoms with Crippen molar-refractivity contribution in [2.45, 2.75) is 39.7 Å². The zero-order chi connectivity index (χ0) is 23.8. The van der Waals surface area contributed by atoms with Gasteiger partial charge in [-0.25, -0.2) is 10.0 Å². The van der Waals surface area contributed by atoms with Gasteiger partial charge in [0, 0.05) is 30.4 Å². The molecular weight excluding hydrogens is 426 g/mol. The topological polar surface area (TPSA) is 62.8 Å². The van der Waals surface area contributed by atoms with Crippen LogP contribution in [0.25, 0.3) is 0 Å². The Kier molecular flexibility index (Phi) is 8.33. The Hall–Kier alpha value is -3.16. The Balaban J connectivity index is 1.38. The molecule has 3 aromatic rings. The molecule has 7 heteroatoms. The number of benzene rings is 2. The van der Waals surface area contributed by atoms with E-state index in [9.17, 15) is 0 Å². The van der Waals surface area contributed by atoms with Crippen molar-refractivity contribution in [3.8, 4) is 5.75 Å². The average Bonchev–Trinajstić information content (AvgIpc) is 3.37.